The highest BCUT2D eigenvalue weighted by Gasteiger charge is 2.22. The second-order valence-electron chi connectivity index (χ2n) is 4.62. The third-order valence-electron chi connectivity index (χ3n) is 3.08. The zero-order valence-electron chi connectivity index (χ0n) is 10.9. The van der Waals surface area contributed by atoms with Crippen LogP contribution in [-0.2, 0) is 20.3 Å². The molecule has 1 aliphatic rings. The van der Waals surface area contributed by atoms with E-state index >= 15 is 0 Å². The van der Waals surface area contributed by atoms with Gasteiger partial charge in [-0.25, -0.2) is 0 Å². The van der Waals surface area contributed by atoms with Gasteiger partial charge in [-0.05, 0) is 31.0 Å². The minimum Gasteiger partial charge on any atom is -0.399 e. The maximum atomic E-state index is 12.1. The molecule has 1 saturated heterocycles. The van der Waals surface area contributed by atoms with E-state index in [1.807, 2.05) is 0 Å². The molecule has 7 heteroatoms. The number of anilines is 2. The molecular formula is C13H17ClN2O3S. The number of carbonyl (C=O) groups excluding carboxylic acids is 1. The van der Waals surface area contributed by atoms with E-state index in [9.17, 15) is 9.00 Å². The Labute approximate surface area is 125 Å². The van der Waals surface area contributed by atoms with Crippen LogP contribution in [0.25, 0.3) is 0 Å². The maximum absolute atomic E-state index is 12.1. The molecule has 1 heterocycles. The van der Waals surface area contributed by atoms with Crippen LogP contribution in [0.2, 0.25) is 5.02 Å². The van der Waals surface area contributed by atoms with Gasteiger partial charge < -0.3 is 15.8 Å². The average molecular weight is 317 g/mol. The third kappa shape index (κ3) is 4.19. The van der Waals surface area contributed by atoms with Crippen molar-refractivity contribution in [2.75, 3.05) is 30.0 Å². The standard InChI is InChI=1S/C13H17ClN2O3S/c14-11-2-1-9(15)7-12(11)16-13(17)8-20(18)10-3-5-19-6-4-10/h1-2,7,10H,3-6,8,15H2,(H,16,17). The smallest absolute Gasteiger partial charge is 0.237 e. The van der Waals surface area contributed by atoms with Crippen LogP contribution < -0.4 is 11.1 Å². The van der Waals surface area contributed by atoms with Crippen molar-refractivity contribution in [3.63, 3.8) is 0 Å². The Bertz CT molecular complexity index is 518. The summed E-state index contributed by atoms with van der Waals surface area (Å²) in [5, 5.41) is 3.09. The van der Waals surface area contributed by atoms with Gasteiger partial charge in [-0.15, -0.1) is 0 Å². The first-order valence-electron chi connectivity index (χ1n) is 6.36. The highest BCUT2D eigenvalue weighted by Crippen LogP contribution is 2.24. The minimum atomic E-state index is -1.19. The number of nitrogens with one attached hydrogen (secondary N) is 1. The van der Waals surface area contributed by atoms with Crippen LogP contribution in [0.1, 0.15) is 12.8 Å². The summed E-state index contributed by atoms with van der Waals surface area (Å²) < 4.78 is 17.3. The third-order valence-corrected chi connectivity index (χ3v) is 5.17. The van der Waals surface area contributed by atoms with E-state index < -0.39 is 10.8 Å². The lowest BCUT2D eigenvalue weighted by atomic mass is 10.2. The summed E-state index contributed by atoms with van der Waals surface area (Å²) in [5.74, 6) is -0.349. The van der Waals surface area contributed by atoms with Gasteiger partial charge in [0.15, 0.2) is 0 Å². The molecule has 0 radical (unpaired) electrons. The summed E-state index contributed by atoms with van der Waals surface area (Å²) in [5.41, 5.74) is 6.59. The fourth-order valence-corrected chi connectivity index (χ4v) is 3.46. The first-order valence-corrected chi connectivity index (χ1v) is 8.12. The van der Waals surface area contributed by atoms with Crippen molar-refractivity contribution in [1.82, 2.24) is 0 Å². The van der Waals surface area contributed by atoms with Crippen molar-refractivity contribution in [3.05, 3.63) is 23.2 Å². The molecule has 0 aromatic heterocycles. The van der Waals surface area contributed by atoms with Gasteiger partial charge in [0, 0.05) is 35.0 Å². The molecule has 1 amide bonds. The summed E-state index contributed by atoms with van der Waals surface area (Å²) in [6.07, 6.45) is 1.47. The summed E-state index contributed by atoms with van der Waals surface area (Å²) in [6.45, 7) is 1.22. The molecule has 0 bridgehead atoms. The number of nitrogens with two attached hydrogens (primary N) is 1. The van der Waals surface area contributed by atoms with Crippen LogP contribution in [0, 0.1) is 0 Å². The predicted octanol–water partition coefficient (Wildman–Crippen LogP) is 1.79. The largest absolute Gasteiger partial charge is 0.399 e. The van der Waals surface area contributed by atoms with Crippen molar-refractivity contribution in [3.8, 4) is 0 Å². The summed E-state index contributed by atoms with van der Waals surface area (Å²) in [6, 6.07) is 4.84. The number of ether oxygens (including phenoxy) is 1. The summed E-state index contributed by atoms with van der Waals surface area (Å²) in [4.78, 5) is 11.9. The normalized spacial score (nSPS) is 17.6. The van der Waals surface area contributed by atoms with Crippen molar-refractivity contribution >= 4 is 39.7 Å². The molecule has 0 saturated carbocycles. The quantitative estimate of drug-likeness (QED) is 0.830. The molecule has 1 unspecified atom stereocenters. The number of carbonyl (C=O) groups is 1. The molecule has 1 aromatic carbocycles. The molecule has 0 aliphatic carbocycles. The van der Waals surface area contributed by atoms with E-state index in [0.717, 1.165) is 12.8 Å². The van der Waals surface area contributed by atoms with E-state index in [4.69, 9.17) is 22.1 Å². The number of hydrogen-bond acceptors (Lipinski definition) is 4. The summed E-state index contributed by atoms with van der Waals surface area (Å²) in [7, 11) is -1.19. The minimum absolute atomic E-state index is 0.0319. The number of rotatable bonds is 4. The number of benzene rings is 1. The fraction of sp³-hybridized carbons (Fsp3) is 0.462. The van der Waals surface area contributed by atoms with Crippen LogP contribution in [0.15, 0.2) is 18.2 Å². The first kappa shape index (κ1) is 15.3. The molecule has 1 aromatic rings. The van der Waals surface area contributed by atoms with Gasteiger partial charge in [0.2, 0.25) is 5.91 Å². The second-order valence-corrected chi connectivity index (χ2v) is 6.75. The van der Waals surface area contributed by atoms with Crippen molar-refractivity contribution in [2.45, 2.75) is 18.1 Å². The number of halogens is 1. The highest BCUT2D eigenvalue weighted by molar-refractivity contribution is 7.86. The van der Waals surface area contributed by atoms with Gasteiger partial charge in [-0.3, -0.25) is 9.00 Å². The Morgan fingerprint density at radius 3 is 2.85 bits per heavy atom. The zero-order chi connectivity index (χ0) is 14.5. The first-order chi connectivity index (χ1) is 9.56. The molecule has 1 fully saturated rings. The second kappa shape index (κ2) is 7.06. The lowest BCUT2D eigenvalue weighted by Crippen LogP contribution is -2.30. The highest BCUT2D eigenvalue weighted by atomic mass is 35.5. The van der Waals surface area contributed by atoms with E-state index in [1.165, 1.54) is 0 Å². The number of hydrogen-bond donors (Lipinski definition) is 2. The van der Waals surface area contributed by atoms with Crippen LogP contribution in [0.4, 0.5) is 11.4 Å². The Balaban J connectivity index is 1.91. The molecule has 1 aliphatic heterocycles. The maximum Gasteiger partial charge on any atom is 0.237 e. The van der Waals surface area contributed by atoms with Gasteiger partial charge in [-0.2, -0.15) is 0 Å². The van der Waals surface area contributed by atoms with E-state index in [2.05, 4.69) is 5.32 Å². The van der Waals surface area contributed by atoms with Gasteiger partial charge in [0.05, 0.1) is 10.7 Å². The van der Waals surface area contributed by atoms with E-state index in [1.54, 1.807) is 18.2 Å². The van der Waals surface area contributed by atoms with E-state index in [-0.39, 0.29) is 16.9 Å². The average Bonchev–Trinajstić information content (AvgIpc) is 2.43. The molecule has 1 atom stereocenters. The van der Waals surface area contributed by atoms with Crippen LogP contribution in [0.3, 0.4) is 0 Å². The Hall–Kier alpha value is -1.11. The molecule has 5 nitrogen and oxygen atoms in total. The lowest BCUT2D eigenvalue weighted by Gasteiger charge is -2.21. The Kier molecular flexibility index (Phi) is 5.39. The van der Waals surface area contributed by atoms with Crippen molar-refractivity contribution in [2.24, 2.45) is 0 Å². The predicted molar refractivity (Wildman–Crippen MR) is 81.3 cm³/mol. The summed E-state index contributed by atoms with van der Waals surface area (Å²) >= 11 is 5.96. The number of nitrogen functional groups attached to an aromatic ring is 1. The van der Waals surface area contributed by atoms with Gasteiger partial charge in [-0.1, -0.05) is 11.6 Å². The van der Waals surface area contributed by atoms with Crippen molar-refractivity contribution < 1.29 is 13.7 Å². The molecule has 2 rings (SSSR count). The van der Waals surface area contributed by atoms with Crippen LogP contribution >= 0.6 is 11.6 Å². The monoisotopic (exact) mass is 316 g/mol. The zero-order valence-corrected chi connectivity index (χ0v) is 12.5. The van der Waals surface area contributed by atoms with Crippen molar-refractivity contribution in [1.29, 1.82) is 0 Å². The van der Waals surface area contributed by atoms with Crippen LogP contribution in [0.5, 0.6) is 0 Å². The molecule has 3 N–H and O–H groups in total. The topological polar surface area (TPSA) is 81.4 Å². The van der Waals surface area contributed by atoms with Gasteiger partial charge in [0.1, 0.15) is 5.75 Å². The Morgan fingerprint density at radius 1 is 1.45 bits per heavy atom. The molecule has 0 spiro atoms. The lowest BCUT2D eigenvalue weighted by molar-refractivity contribution is -0.113. The Morgan fingerprint density at radius 2 is 2.15 bits per heavy atom. The van der Waals surface area contributed by atoms with Gasteiger partial charge >= 0.3 is 0 Å². The molecule has 20 heavy (non-hydrogen) atoms. The van der Waals surface area contributed by atoms with Gasteiger partial charge in [0.25, 0.3) is 0 Å². The SMILES string of the molecule is Nc1ccc(Cl)c(NC(=O)CS(=O)C2CCOCC2)c1. The van der Waals surface area contributed by atoms with E-state index in [0.29, 0.717) is 29.6 Å². The number of amides is 1. The van der Waals surface area contributed by atoms with Crippen LogP contribution in [-0.4, -0.2) is 34.3 Å². The molecule has 110 valence electrons. The molecular weight excluding hydrogens is 300 g/mol. The fourth-order valence-electron chi connectivity index (χ4n) is 2.01.